The Morgan fingerprint density at radius 1 is 0.976 bits per heavy atom. The predicted molar refractivity (Wildman–Crippen MR) is 172 cm³/mol. The SMILES string of the molecule is CCC(=O)c1ccc(N2CCCN(C=O)CC2)c(NC(=O)c2ccoc2)c1.CCCc1ccc(Cl)cc1Cl.CCNC. The van der Waals surface area contributed by atoms with Crippen LogP contribution in [-0.4, -0.2) is 62.8 Å². The van der Waals surface area contributed by atoms with Crippen LogP contribution >= 0.6 is 23.2 Å². The van der Waals surface area contributed by atoms with E-state index in [1.807, 2.05) is 32.2 Å². The first-order valence-corrected chi connectivity index (χ1v) is 15.1. The number of anilines is 2. The number of aryl methyl sites for hydroxylation is 1. The van der Waals surface area contributed by atoms with E-state index >= 15 is 0 Å². The van der Waals surface area contributed by atoms with Gasteiger partial charge in [-0.05, 0) is 68.4 Å². The van der Waals surface area contributed by atoms with E-state index in [-0.39, 0.29) is 11.7 Å². The van der Waals surface area contributed by atoms with Crippen molar-refractivity contribution < 1.29 is 18.8 Å². The number of nitrogens with zero attached hydrogens (tertiary/aromatic N) is 2. The second-order valence-electron chi connectivity index (χ2n) is 9.65. The molecule has 2 aromatic carbocycles. The van der Waals surface area contributed by atoms with E-state index in [0.717, 1.165) is 49.5 Å². The number of carbonyl (C=O) groups is 3. The zero-order chi connectivity index (χ0) is 30.9. The largest absolute Gasteiger partial charge is 0.472 e. The quantitative estimate of drug-likeness (QED) is 0.199. The summed E-state index contributed by atoms with van der Waals surface area (Å²) in [6, 6.07) is 12.6. The van der Waals surface area contributed by atoms with Crippen molar-refractivity contribution in [3.8, 4) is 0 Å². The third kappa shape index (κ3) is 11.2. The fourth-order valence-electron chi connectivity index (χ4n) is 4.16. The highest BCUT2D eigenvalue weighted by Gasteiger charge is 2.19. The van der Waals surface area contributed by atoms with E-state index in [1.54, 1.807) is 29.2 Å². The Bertz CT molecular complexity index is 1270. The molecule has 0 radical (unpaired) electrons. The molecule has 2 amide bonds. The second-order valence-corrected chi connectivity index (χ2v) is 10.5. The molecule has 0 bridgehead atoms. The number of hydrogen-bond donors (Lipinski definition) is 2. The van der Waals surface area contributed by atoms with Crippen molar-refractivity contribution in [2.24, 2.45) is 0 Å². The summed E-state index contributed by atoms with van der Waals surface area (Å²) in [6.07, 6.45) is 7.06. The molecule has 1 saturated heterocycles. The Labute approximate surface area is 259 Å². The molecule has 4 rings (SSSR count). The first-order valence-electron chi connectivity index (χ1n) is 14.3. The summed E-state index contributed by atoms with van der Waals surface area (Å²) in [5.41, 5.74) is 3.58. The molecule has 0 aliphatic carbocycles. The lowest BCUT2D eigenvalue weighted by molar-refractivity contribution is -0.117. The van der Waals surface area contributed by atoms with Gasteiger partial charge in [0.1, 0.15) is 6.26 Å². The average Bonchev–Trinajstić information content (AvgIpc) is 3.44. The molecule has 0 spiro atoms. The molecule has 42 heavy (non-hydrogen) atoms. The maximum absolute atomic E-state index is 12.5. The summed E-state index contributed by atoms with van der Waals surface area (Å²) >= 11 is 11.7. The minimum atomic E-state index is -0.296. The lowest BCUT2D eigenvalue weighted by Gasteiger charge is -2.26. The van der Waals surface area contributed by atoms with Gasteiger partial charge >= 0.3 is 0 Å². The Morgan fingerprint density at radius 2 is 1.74 bits per heavy atom. The molecule has 0 atom stereocenters. The number of nitrogens with one attached hydrogen (secondary N) is 2. The summed E-state index contributed by atoms with van der Waals surface area (Å²) in [4.78, 5) is 39.6. The third-order valence-corrected chi connectivity index (χ3v) is 7.17. The van der Waals surface area contributed by atoms with E-state index < -0.39 is 0 Å². The zero-order valence-corrected chi connectivity index (χ0v) is 26.4. The van der Waals surface area contributed by atoms with E-state index in [1.165, 1.54) is 18.1 Å². The summed E-state index contributed by atoms with van der Waals surface area (Å²) in [7, 11) is 1.93. The molecule has 2 heterocycles. The van der Waals surface area contributed by atoms with E-state index in [0.29, 0.717) is 47.9 Å². The van der Waals surface area contributed by atoms with Crippen LogP contribution in [0, 0.1) is 0 Å². The van der Waals surface area contributed by atoms with E-state index in [2.05, 4.69) is 29.4 Å². The number of furan rings is 1. The van der Waals surface area contributed by atoms with Crippen LogP contribution < -0.4 is 15.5 Å². The van der Waals surface area contributed by atoms with Gasteiger partial charge in [0, 0.05) is 48.2 Å². The van der Waals surface area contributed by atoms with Gasteiger partial charge < -0.3 is 24.9 Å². The monoisotopic (exact) mass is 616 g/mol. The van der Waals surface area contributed by atoms with Crippen LogP contribution in [0.2, 0.25) is 10.0 Å². The fraction of sp³-hybridized carbons (Fsp3) is 0.406. The highest BCUT2D eigenvalue weighted by Crippen LogP contribution is 2.29. The number of carbonyl (C=O) groups excluding carboxylic acids is 3. The van der Waals surface area contributed by atoms with Crippen molar-refractivity contribution in [1.82, 2.24) is 10.2 Å². The molecule has 1 aliphatic heterocycles. The van der Waals surface area contributed by atoms with Gasteiger partial charge in [-0.3, -0.25) is 14.4 Å². The van der Waals surface area contributed by atoms with Crippen molar-refractivity contribution in [2.75, 3.05) is 50.0 Å². The average molecular weight is 618 g/mol. The number of benzene rings is 2. The number of ketones is 1. The predicted octanol–water partition coefficient (Wildman–Crippen LogP) is 6.96. The minimum absolute atomic E-state index is 0.0170. The maximum atomic E-state index is 12.5. The van der Waals surface area contributed by atoms with Crippen LogP contribution in [0.1, 0.15) is 66.3 Å². The summed E-state index contributed by atoms with van der Waals surface area (Å²) in [5.74, 6) is -0.279. The van der Waals surface area contributed by atoms with Crippen molar-refractivity contribution in [3.63, 3.8) is 0 Å². The molecule has 1 aliphatic rings. The molecule has 1 fully saturated rings. The second kappa shape index (κ2) is 19.0. The number of amides is 2. The smallest absolute Gasteiger partial charge is 0.258 e. The molecular weight excluding hydrogens is 575 g/mol. The van der Waals surface area contributed by atoms with Crippen LogP contribution in [0.25, 0.3) is 0 Å². The maximum Gasteiger partial charge on any atom is 0.258 e. The van der Waals surface area contributed by atoms with Gasteiger partial charge in [0.25, 0.3) is 5.91 Å². The van der Waals surface area contributed by atoms with Crippen LogP contribution in [0.3, 0.4) is 0 Å². The number of halogens is 2. The van der Waals surface area contributed by atoms with Gasteiger partial charge in [-0.25, -0.2) is 0 Å². The third-order valence-electron chi connectivity index (χ3n) is 6.58. The van der Waals surface area contributed by atoms with Crippen molar-refractivity contribution in [1.29, 1.82) is 0 Å². The van der Waals surface area contributed by atoms with E-state index in [9.17, 15) is 14.4 Å². The molecular formula is C32H42Cl2N4O4. The lowest BCUT2D eigenvalue weighted by atomic mass is 10.1. The zero-order valence-electron chi connectivity index (χ0n) is 24.9. The topological polar surface area (TPSA) is 94.9 Å². The molecule has 10 heteroatoms. The normalized spacial score (nSPS) is 12.7. The number of rotatable bonds is 9. The standard InChI is InChI=1S/C20H23N3O4.C9H10Cl2.C3H9N/c1-2-19(25)15-4-5-18(23-8-3-7-22(14-24)9-10-23)17(12-15)21-20(26)16-6-11-27-13-16;1-2-3-7-4-5-8(10)6-9(7)11;1-3-4-2/h4-6,11-14H,2-3,7-10H2,1H3,(H,21,26);4-6H,2-3H2,1H3;4H,3H2,1-2H3. The molecule has 8 nitrogen and oxygen atoms in total. The molecule has 2 N–H and O–H groups in total. The molecule has 0 unspecified atom stereocenters. The highest BCUT2D eigenvalue weighted by molar-refractivity contribution is 6.35. The fourth-order valence-corrected chi connectivity index (χ4v) is 4.66. The van der Waals surface area contributed by atoms with Crippen LogP contribution in [0.5, 0.6) is 0 Å². The number of Topliss-reactive ketones (excluding diaryl/α,β-unsaturated/α-hetero) is 1. The summed E-state index contributed by atoms with van der Waals surface area (Å²) < 4.78 is 4.98. The lowest BCUT2D eigenvalue weighted by Crippen LogP contribution is -2.30. The van der Waals surface area contributed by atoms with Gasteiger partial charge in [-0.15, -0.1) is 0 Å². The molecule has 1 aromatic heterocycles. The summed E-state index contributed by atoms with van der Waals surface area (Å²) in [5, 5.41) is 7.31. The van der Waals surface area contributed by atoms with Gasteiger partial charge in [-0.1, -0.05) is 56.5 Å². The Balaban J connectivity index is 0.000000339. The van der Waals surface area contributed by atoms with Gasteiger partial charge in [0.15, 0.2) is 5.78 Å². The Morgan fingerprint density at radius 3 is 2.33 bits per heavy atom. The van der Waals surface area contributed by atoms with Gasteiger partial charge in [0.05, 0.1) is 23.2 Å². The van der Waals surface area contributed by atoms with Gasteiger partial charge in [-0.2, -0.15) is 0 Å². The number of hydrogen-bond acceptors (Lipinski definition) is 6. The molecule has 0 saturated carbocycles. The Kier molecular flexibility index (Phi) is 15.8. The molecule has 3 aromatic rings. The highest BCUT2D eigenvalue weighted by atomic mass is 35.5. The van der Waals surface area contributed by atoms with Crippen LogP contribution in [0.15, 0.2) is 59.4 Å². The van der Waals surface area contributed by atoms with Crippen LogP contribution in [-0.2, 0) is 11.2 Å². The Hall–Kier alpha value is -3.33. The van der Waals surface area contributed by atoms with Crippen LogP contribution in [0.4, 0.5) is 11.4 Å². The molecule has 228 valence electrons. The van der Waals surface area contributed by atoms with Crippen molar-refractivity contribution >= 4 is 52.7 Å². The first kappa shape index (κ1) is 34.9. The minimum Gasteiger partial charge on any atom is -0.472 e. The van der Waals surface area contributed by atoms with Gasteiger partial charge in [0.2, 0.25) is 6.41 Å². The van der Waals surface area contributed by atoms with Crippen molar-refractivity contribution in [3.05, 3.63) is 81.7 Å². The van der Waals surface area contributed by atoms with E-state index in [4.69, 9.17) is 27.6 Å². The summed E-state index contributed by atoms with van der Waals surface area (Å²) in [6.45, 7) is 9.83. The van der Waals surface area contributed by atoms with Crippen molar-refractivity contribution in [2.45, 2.75) is 46.5 Å². The first-order chi connectivity index (χ1) is 20.3.